The first-order valence-electron chi connectivity index (χ1n) is 4.79. The Balaban J connectivity index is 2.03. The average Bonchev–Trinajstić information content (AvgIpc) is 2.53. The Hall–Kier alpha value is -0.120. The predicted octanol–water partition coefficient (Wildman–Crippen LogP) is 1.14. The van der Waals surface area contributed by atoms with Crippen LogP contribution in [-0.4, -0.2) is 32.1 Å². The van der Waals surface area contributed by atoms with E-state index in [2.05, 4.69) is 19.2 Å². The van der Waals surface area contributed by atoms with Crippen LogP contribution >= 0.6 is 0 Å². The highest BCUT2D eigenvalue weighted by molar-refractivity contribution is 4.64. The summed E-state index contributed by atoms with van der Waals surface area (Å²) in [4.78, 5) is 0. The summed E-state index contributed by atoms with van der Waals surface area (Å²) in [6.07, 6.45) is 2.17. The largest absolute Gasteiger partial charge is 0.350 e. The molecule has 0 aromatic heterocycles. The SMILES string of the molecule is CCCNC(C)CC1OCCO1. The summed E-state index contributed by atoms with van der Waals surface area (Å²) in [5.41, 5.74) is 0. The van der Waals surface area contributed by atoms with Crippen molar-refractivity contribution >= 4 is 0 Å². The van der Waals surface area contributed by atoms with Gasteiger partial charge in [0.05, 0.1) is 13.2 Å². The molecular formula is C9H19NO2. The summed E-state index contributed by atoms with van der Waals surface area (Å²) >= 11 is 0. The first-order chi connectivity index (χ1) is 5.83. The van der Waals surface area contributed by atoms with Gasteiger partial charge < -0.3 is 14.8 Å². The Morgan fingerprint density at radius 3 is 2.67 bits per heavy atom. The highest BCUT2D eigenvalue weighted by atomic mass is 16.7. The third-order valence-corrected chi connectivity index (χ3v) is 1.98. The molecule has 1 rings (SSSR count). The first-order valence-corrected chi connectivity index (χ1v) is 4.79. The summed E-state index contributed by atoms with van der Waals surface area (Å²) in [6.45, 7) is 6.92. The van der Waals surface area contributed by atoms with E-state index in [1.54, 1.807) is 0 Å². The lowest BCUT2D eigenvalue weighted by Crippen LogP contribution is -2.30. The molecule has 0 saturated carbocycles. The third-order valence-electron chi connectivity index (χ3n) is 1.98. The lowest BCUT2D eigenvalue weighted by atomic mass is 10.2. The lowest BCUT2D eigenvalue weighted by molar-refractivity contribution is -0.0515. The Bertz CT molecular complexity index is 113. The molecule has 12 heavy (non-hydrogen) atoms. The minimum absolute atomic E-state index is 0.0318. The van der Waals surface area contributed by atoms with Gasteiger partial charge in [-0.2, -0.15) is 0 Å². The molecule has 1 aliphatic heterocycles. The topological polar surface area (TPSA) is 30.5 Å². The molecule has 1 atom stereocenters. The van der Waals surface area contributed by atoms with Gasteiger partial charge in [-0.3, -0.25) is 0 Å². The fraction of sp³-hybridized carbons (Fsp3) is 1.00. The summed E-state index contributed by atoms with van der Waals surface area (Å²) in [7, 11) is 0. The van der Waals surface area contributed by atoms with Crippen LogP contribution in [0, 0.1) is 0 Å². The van der Waals surface area contributed by atoms with E-state index in [-0.39, 0.29) is 6.29 Å². The Morgan fingerprint density at radius 2 is 2.08 bits per heavy atom. The summed E-state index contributed by atoms with van der Waals surface area (Å²) < 4.78 is 10.7. The van der Waals surface area contributed by atoms with E-state index < -0.39 is 0 Å². The Kier molecular flexibility index (Phi) is 4.58. The van der Waals surface area contributed by atoms with Crippen molar-refractivity contribution in [2.45, 2.75) is 39.0 Å². The quantitative estimate of drug-likeness (QED) is 0.676. The van der Waals surface area contributed by atoms with Crippen molar-refractivity contribution in [1.29, 1.82) is 0 Å². The Labute approximate surface area is 74.4 Å². The highest BCUT2D eigenvalue weighted by Crippen LogP contribution is 2.09. The number of rotatable bonds is 5. The fourth-order valence-corrected chi connectivity index (χ4v) is 1.31. The molecule has 1 fully saturated rings. The van der Waals surface area contributed by atoms with Crippen molar-refractivity contribution in [2.24, 2.45) is 0 Å². The maximum Gasteiger partial charge on any atom is 0.159 e. The van der Waals surface area contributed by atoms with Crippen LogP contribution in [-0.2, 0) is 9.47 Å². The van der Waals surface area contributed by atoms with Crippen molar-refractivity contribution in [2.75, 3.05) is 19.8 Å². The molecule has 0 radical (unpaired) electrons. The van der Waals surface area contributed by atoms with Crippen LogP contribution in [0.15, 0.2) is 0 Å². The van der Waals surface area contributed by atoms with E-state index in [9.17, 15) is 0 Å². The second-order valence-corrected chi connectivity index (χ2v) is 3.26. The van der Waals surface area contributed by atoms with E-state index in [1.165, 1.54) is 6.42 Å². The lowest BCUT2D eigenvalue weighted by Gasteiger charge is -2.16. The van der Waals surface area contributed by atoms with E-state index in [0.717, 1.165) is 26.2 Å². The van der Waals surface area contributed by atoms with Crippen molar-refractivity contribution in [3.05, 3.63) is 0 Å². The first kappa shape index (κ1) is 9.96. The van der Waals surface area contributed by atoms with Gasteiger partial charge in [-0.15, -0.1) is 0 Å². The summed E-state index contributed by atoms with van der Waals surface area (Å²) in [6, 6.07) is 0.494. The molecule has 1 aliphatic rings. The number of hydrogen-bond donors (Lipinski definition) is 1. The maximum absolute atomic E-state index is 5.34. The van der Waals surface area contributed by atoms with Gasteiger partial charge in [0.2, 0.25) is 0 Å². The molecule has 3 heteroatoms. The maximum atomic E-state index is 5.34. The second kappa shape index (κ2) is 5.51. The second-order valence-electron chi connectivity index (χ2n) is 3.26. The summed E-state index contributed by atoms with van der Waals surface area (Å²) in [5.74, 6) is 0. The number of hydrogen-bond acceptors (Lipinski definition) is 3. The highest BCUT2D eigenvalue weighted by Gasteiger charge is 2.18. The van der Waals surface area contributed by atoms with E-state index >= 15 is 0 Å². The van der Waals surface area contributed by atoms with Gasteiger partial charge >= 0.3 is 0 Å². The van der Waals surface area contributed by atoms with Crippen LogP contribution in [0.5, 0.6) is 0 Å². The molecule has 0 spiro atoms. The van der Waals surface area contributed by atoms with Crippen LogP contribution < -0.4 is 5.32 Å². The predicted molar refractivity (Wildman–Crippen MR) is 48.1 cm³/mol. The van der Waals surface area contributed by atoms with Gasteiger partial charge in [-0.1, -0.05) is 6.92 Å². The zero-order chi connectivity index (χ0) is 8.81. The molecular weight excluding hydrogens is 154 g/mol. The van der Waals surface area contributed by atoms with Crippen LogP contribution in [0.4, 0.5) is 0 Å². The van der Waals surface area contributed by atoms with Gasteiger partial charge in [-0.05, 0) is 19.9 Å². The van der Waals surface area contributed by atoms with Crippen LogP contribution in [0.25, 0.3) is 0 Å². The minimum Gasteiger partial charge on any atom is -0.350 e. The van der Waals surface area contributed by atoms with Gasteiger partial charge in [0.15, 0.2) is 6.29 Å². The molecule has 0 amide bonds. The smallest absolute Gasteiger partial charge is 0.159 e. The summed E-state index contributed by atoms with van der Waals surface area (Å²) in [5, 5.41) is 3.40. The van der Waals surface area contributed by atoms with E-state index in [1.807, 2.05) is 0 Å². The molecule has 3 nitrogen and oxygen atoms in total. The third kappa shape index (κ3) is 3.52. The van der Waals surface area contributed by atoms with Crippen molar-refractivity contribution in [3.63, 3.8) is 0 Å². The molecule has 0 aromatic rings. The molecule has 0 bridgehead atoms. The van der Waals surface area contributed by atoms with Gasteiger partial charge in [0, 0.05) is 12.5 Å². The molecule has 1 N–H and O–H groups in total. The van der Waals surface area contributed by atoms with Crippen LogP contribution in [0.2, 0.25) is 0 Å². The molecule has 0 aromatic carbocycles. The zero-order valence-electron chi connectivity index (χ0n) is 8.01. The normalized spacial score (nSPS) is 21.5. The molecule has 1 unspecified atom stereocenters. The van der Waals surface area contributed by atoms with Crippen molar-refractivity contribution in [3.8, 4) is 0 Å². The number of nitrogens with one attached hydrogen (secondary N) is 1. The van der Waals surface area contributed by atoms with Crippen LogP contribution in [0.3, 0.4) is 0 Å². The van der Waals surface area contributed by atoms with E-state index in [4.69, 9.17) is 9.47 Å². The fourth-order valence-electron chi connectivity index (χ4n) is 1.31. The van der Waals surface area contributed by atoms with Gasteiger partial charge in [-0.25, -0.2) is 0 Å². The standard InChI is InChI=1S/C9H19NO2/c1-3-4-10-8(2)7-9-11-5-6-12-9/h8-10H,3-7H2,1-2H3. The van der Waals surface area contributed by atoms with Gasteiger partial charge in [0.1, 0.15) is 0 Å². The minimum atomic E-state index is 0.0318. The number of ether oxygens (including phenoxy) is 2. The average molecular weight is 173 g/mol. The van der Waals surface area contributed by atoms with Crippen LogP contribution in [0.1, 0.15) is 26.7 Å². The molecule has 1 saturated heterocycles. The molecule has 72 valence electrons. The van der Waals surface area contributed by atoms with Crippen molar-refractivity contribution in [1.82, 2.24) is 5.32 Å². The van der Waals surface area contributed by atoms with Crippen molar-refractivity contribution < 1.29 is 9.47 Å². The zero-order valence-corrected chi connectivity index (χ0v) is 8.01. The van der Waals surface area contributed by atoms with Gasteiger partial charge in [0.25, 0.3) is 0 Å². The molecule has 1 heterocycles. The molecule has 0 aliphatic carbocycles. The monoisotopic (exact) mass is 173 g/mol. The van der Waals surface area contributed by atoms with E-state index in [0.29, 0.717) is 6.04 Å². The Morgan fingerprint density at radius 1 is 1.42 bits per heavy atom.